The molecule has 0 radical (unpaired) electrons. The van der Waals surface area contributed by atoms with Gasteiger partial charge in [0.25, 0.3) is 0 Å². The van der Waals surface area contributed by atoms with Crippen LogP contribution in [-0.2, 0) is 9.53 Å². The summed E-state index contributed by atoms with van der Waals surface area (Å²) in [6.07, 6.45) is 10.4. The summed E-state index contributed by atoms with van der Waals surface area (Å²) >= 11 is 6.32. The number of halogens is 1. The molecule has 0 bridgehead atoms. The van der Waals surface area contributed by atoms with Crippen molar-refractivity contribution in [3.63, 3.8) is 0 Å². The second-order valence-electron chi connectivity index (χ2n) is 10.7. The summed E-state index contributed by atoms with van der Waals surface area (Å²) in [5.74, 6) is 0.847. The fourth-order valence-corrected chi connectivity index (χ4v) is 5.99. The molecule has 1 aliphatic heterocycles. The number of hydrogen-bond acceptors (Lipinski definition) is 4. The molecule has 8 heteroatoms. The average molecular weight is 535 g/mol. The normalized spacial score (nSPS) is 20.3. The largest absolute Gasteiger partial charge is 0.373 e. The number of hydrogen-bond donors (Lipinski definition) is 3. The maximum Gasteiger partial charge on any atom is 0.317 e. The van der Waals surface area contributed by atoms with E-state index in [1.807, 2.05) is 43.1 Å². The Morgan fingerprint density at radius 1 is 1.16 bits per heavy atom. The summed E-state index contributed by atoms with van der Waals surface area (Å²) < 4.78 is 6.33. The summed E-state index contributed by atoms with van der Waals surface area (Å²) in [4.78, 5) is 27.4. The number of likely N-dealkylation sites (tertiary alicyclic amines) is 1. The van der Waals surface area contributed by atoms with Crippen LogP contribution in [0.1, 0.15) is 82.8 Å². The van der Waals surface area contributed by atoms with Crippen LogP contribution in [0, 0.1) is 11.8 Å². The van der Waals surface area contributed by atoms with Gasteiger partial charge in [-0.15, -0.1) is 0 Å². The molecule has 37 heavy (non-hydrogen) atoms. The van der Waals surface area contributed by atoms with Crippen molar-refractivity contribution in [3.8, 4) is 0 Å². The number of urea groups is 1. The summed E-state index contributed by atoms with van der Waals surface area (Å²) in [6, 6.07) is 7.92. The van der Waals surface area contributed by atoms with Gasteiger partial charge in [0.2, 0.25) is 5.91 Å². The van der Waals surface area contributed by atoms with E-state index in [1.165, 1.54) is 32.1 Å². The van der Waals surface area contributed by atoms with Gasteiger partial charge >= 0.3 is 6.03 Å². The van der Waals surface area contributed by atoms with E-state index in [4.69, 9.17) is 16.3 Å². The third kappa shape index (κ3) is 10.1. The zero-order valence-electron chi connectivity index (χ0n) is 22.8. The van der Waals surface area contributed by atoms with Gasteiger partial charge in [-0.3, -0.25) is 4.79 Å². The zero-order chi connectivity index (χ0) is 26.5. The van der Waals surface area contributed by atoms with Crippen molar-refractivity contribution in [1.29, 1.82) is 0 Å². The van der Waals surface area contributed by atoms with E-state index in [9.17, 15) is 9.59 Å². The van der Waals surface area contributed by atoms with Crippen LogP contribution in [0.15, 0.2) is 24.3 Å². The Balaban J connectivity index is 1.62. The maximum absolute atomic E-state index is 13.4. The molecule has 3 unspecified atom stereocenters. The van der Waals surface area contributed by atoms with E-state index in [0.717, 1.165) is 44.3 Å². The molecule has 3 rings (SSSR count). The van der Waals surface area contributed by atoms with Gasteiger partial charge < -0.3 is 25.6 Å². The van der Waals surface area contributed by atoms with Gasteiger partial charge in [0.05, 0.1) is 12.7 Å². The van der Waals surface area contributed by atoms with Crippen molar-refractivity contribution in [2.24, 2.45) is 11.8 Å². The Kier molecular flexibility index (Phi) is 13.0. The van der Waals surface area contributed by atoms with E-state index in [-0.39, 0.29) is 30.0 Å². The van der Waals surface area contributed by atoms with Crippen LogP contribution >= 0.6 is 11.6 Å². The van der Waals surface area contributed by atoms with Gasteiger partial charge in [-0.25, -0.2) is 4.79 Å². The molecule has 3 amide bonds. The van der Waals surface area contributed by atoms with Crippen LogP contribution in [0.5, 0.6) is 0 Å². The minimum absolute atomic E-state index is 0.00452. The third-order valence-corrected chi connectivity index (χ3v) is 7.90. The minimum atomic E-state index is -0.219. The van der Waals surface area contributed by atoms with Gasteiger partial charge in [-0.1, -0.05) is 62.8 Å². The molecule has 7 nitrogen and oxygen atoms in total. The Hall–Kier alpha value is -1.83. The summed E-state index contributed by atoms with van der Waals surface area (Å²) in [7, 11) is 1.95. The summed E-state index contributed by atoms with van der Waals surface area (Å²) in [5, 5.41) is 10.2. The summed E-state index contributed by atoms with van der Waals surface area (Å²) in [5.41, 5.74) is 0.999. The molecule has 1 saturated carbocycles. The molecule has 2 aliphatic rings. The Morgan fingerprint density at radius 2 is 1.97 bits per heavy atom. The lowest BCUT2D eigenvalue weighted by molar-refractivity contribution is -0.123. The van der Waals surface area contributed by atoms with Gasteiger partial charge in [-0.05, 0) is 56.3 Å². The standard InChI is InChI=1S/C29H47ClN4O3/c1-3-15-32-27(35)14-17-37-28(23-11-7-13-25(30)19-23)24-12-8-16-34(21-24)29(36)33-26(20-31-2)18-22-9-5-4-6-10-22/h7,11,13,19,22,24,26,28,31H,3-6,8-10,12,14-18,20-21H2,1-2H3,(H,32,35)(H,33,36). The smallest absolute Gasteiger partial charge is 0.317 e. The highest BCUT2D eigenvalue weighted by Gasteiger charge is 2.32. The van der Waals surface area contributed by atoms with Crippen LogP contribution in [-0.4, -0.2) is 62.7 Å². The van der Waals surface area contributed by atoms with E-state index in [0.29, 0.717) is 37.1 Å². The van der Waals surface area contributed by atoms with Crippen molar-refractivity contribution >= 4 is 23.5 Å². The monoisotopic (exact) mass is 534 g/mol. The number of ether oxygens (including phenoxy) is 1. The highest BCUT2D eigenvalue weighted by Crippen LogP contribution is 2.34. The van der Waals surface area contributed by atoms with Crippen molar-refractivity contribution < 1.29 is 14.3 Å². The highest BCUT2D eigenvalue weighted by atomic mass is 35.5. The van der Waals surface area contributed by atoms with Gasteiger partial charge in [0, 0.05) is 49.6 Å². The van der Waals surface area contributed by atoms with Gasteiger partial charge in [0.15, 0.2) is 0 Å². The van der Waals surface area contributed by atoms with E-state index < -0.39 is 0 Å². The lowest BCUT2D eigenvalue weighted by Gasteiger charge is -2.38. The molecular weight excluding hydrogens is 488 g/mol. The molecule has 3 atom stereocenters. The number of nitrogens with one attached hydrogen (secondary N) is 3. The molecule has 0 spiro atoms. The molecule has 0 aromatic heterocycles. The van der Waals surface area contributed by atoms with Crippen molar-refractivity contribution in [2.45, 2.75) is 83.3 Å². The van der Waals surface area contributed by atoms with Crippen LogP contribution in [0.2, 0.25) is 5.02 Å². The number of benzene rings is 1. The number of carbonyl (C=O) groups excluding carboxylic acids is 2. The number of rotatable bonds is 13. The van der Waals surface area contributed by atoms with Crippen molar-refractivity contribution in [1.82, 2.24) is 20.9 Å². The van der Waals surface area contributed by atoms with Crippen LogP contribution < -0.4 is 16.0 Å². The van der Waals surface area contributed by atoms with Crippen molar-refractivity contribution in [3.05, 3.63) is 34.9 Å². The maximum atomic E-state index is 13.4. The summed E-state index contributed by atoms with van der Waals surface area (Å²) in [6.45, 7) is 5.21. The van der Waals surface area contributed by atoms with Crippen LogP contribution in [0.3, 0.4) is 0 Å². The Bertz CT molecular complexity index is 833. The number of likely N-dealkylation sites (N-methyl/N-ethyl adjacent to an activating group) is 1. The fraction of sp³-hybridized carbons (Fsp3) is 0.724. The first-order valence-corrected chi connectivity index (χ1v) is 14.7. The zero-order valence-corrected chi connectivity index (χ0v) is 23.5. The third-order valence-electron chi connectivity index (χ3n) is 7.67. The molecule has 1 aromatic rings. The molecule has 1 heterocycles. The lowest BCUT2D eigenvalue weighted by atomic mass is 9.85. The van der Waals surface area contributed by atoms with Crippen LogP contribution in [0.4, 0.5) is 4.79 Å². The minimum Gasteiger partial charge on any atom is -0.373 e. The predicted octanol–water partition coefficient (Wildman–Crippen LogP) is 5.29. The molecule has 208 valence electrons. The highest BCUT2D eigenvalue weighted by molar-refractivity contribution is 6.30. The molecule has 1 saturated heterocycles. The van der Waals surface area contributed by atoms with E-state index >= 15 is 0 Å². The first kappa shape index (κ1) is 29.7. The predicted molar refractivity (Wildman–Crippen MR) is 150 cm³/mol. The molecule has 1 aromatic carbocycles. The number of amides is 3. The first-order valence-electron chi connectivity index (χ1n) is 14.3. The second-order valence-corrected chi connectivity index (χ2v) is 11.2. The molecule has 3 N–H and O–H groups in total. The fourth-order valence-electron chi connectivity index (χ4n) is 5.79. The molecular formula is C29H47ClN4O3. The topological polar surface area (TPSA) is 82.7 Å². The number of piperidine rings is 1. The quantitative estimate of drug-likeness (QED) is 0.321. The SMILES string of the molecule is CCCNC(=O)CCOC(c1cccc(Cl)c1)C1CCCN(C(=O)NC(CNC)CC2CCCCC2)C1. The lowest BCUT2D eigenvalue weighted by Crippen LogP contribution is -2.52. The second kappa shape index (κ2) is 16.2. The first-order chi connectivity index (χ1) is 18.0. The number of carbonyl (C=O) groups is 2. The Labute approximate surface area is 228 Å². The number of nitrogens with zero attached hydrogens (tertiary/aromatic N) is 1. The molecule has 1 aliphatic carbocycles. The average Bonchev–Trinajstić information content (AvgIpc) is 2.90. The van der Waals surface area contributed by atoms with E-state index in [1.54, 1.807) is 0 Å². The molecule has 2 fully saturated rings. The van der Waals surface area contributed by atoms with Crippen molar-refractivity contribution in [2.75, 3.05) is 39.8 Å². The van der Waals surface area contributed by atoms with Gasteiger partial charge in [0.1, 0.15) is 0 Å². The van der Waals surface area contributed by atoms with E-state index in [2.05, 4.69) is 16.0 Å². The Morgan fingerprint density at radius 3 is 2.70 bits per heavy atom. The van der Waals surface area contributed by atoms with Gasteiger partial charge in [-0.2, -0.15) is 0 Å². The van der Waals surface area contributed by atoms with Crippen LogP contribution in [0.25, 0.3) is 0 Å².